The molecule has 4 nitrogen and oxygen atoms in total. The zero-order chi connectivity index (χ0) is 19.2. The molecule has 3 aromatic rings. The average Bonchev–Trinajstić information content (AvgIpc) is 2.97. The Morgan fingerprint density at radius 3 is 2.78 bits per heavy atom. The Morgan fingerprint density at radius 1 is 1.26 bits per heavy atom. The van der Waals surface area contributed by atoms with Crippen LogP contribution in [0.4, 0.5) is 4.39 Å². The van der Waals surface area contributed by atoms with Crippen molar-refractivity contribution in [3.63, 3.8) is 0 Å². The molecule has 0 bridgehead atoms. The third-order valence-corrected chi connectivity index (χ3v) is 5.04. The SMILES string of the molecule is CC1(C)Cc2c([nH]c3ccccc23)C(c2ccc(/C=C/C(=O)O)cc2F)N1. The lowest BCUT2D eigenvalue weighted by molar-refractivity contribution is -0.131. The molecular formula is C22H21FN2O2. The molecule has 0 saturated carbocycles. The van der Waals surface area contributed by atoms with Gasteiger partial charge in [-0.05, 0) is 49.6 Å². The first-order chi connectivity index (χ1) is 12.8. The fourth-order valence-corrected chi connectivity index (χ4v) is 3.90. The number of rotatable bonds is 3. The normalized spacial score (nSPS) is 18.7. The van der Waals surface area contributed by atoms with Crippen LogP contribution < -0.4 is 5.32 Å². The fourth-order valence-electron chi connectivity index (χ4n) is 3.90. The molecule has 1 aromatic heterocycles. The summed E-state index contributed by atoms with van der Waals surface area (Å²) in [5, 5.41) is 13.5. The Hall–Kier alpha value is -2.92. The number of benzene rings is 2. The van der Waals surface area contributed by atoms with E-state index in [0.29, 0.717) is 11.1 Å². The van der Waals surface area contributed by atoms with Crippen molar-refractivity contribution in [3.8, 4) is 0 Å². The molecular weight excluding hydrogens is 343 g/mol. The van der Waals surface area contributed by atoms with Gasteiger partial charge in [-0.25, -0.2) is 9.18 Å². The maximum atomic E-state index is 14.9. The third kappa shape index (κ3) is 3.26. The smallest absolute Gasteiger partial charge is 0.328 e. The van der Waals surface area contributed by atoms with Gasteiger partial charge in [0.1, 0.15) is 5.82 Å². The molecule has 2 aromatic carbocycles. The summed E-state index contributed by atoms with van der Waals surface area (Å²) < 4.78 is 14.9. The molecule has 2 heterocycles. The molecule has 0 aliphatic carbocycles. The molecule has 0 radical (unpaired) electrons. The molecule has 138 valence electrons. The highest BCUT2D eigenvalue weighted by atomic mass is 19.1. The lowest BCUT2D eigenvalue weighted by atomic mass is 9.83. The van der Waals surface area contributed by atoms with E-state index in [1.807, 2.05) is 18.2 Å². The van der Waals surface area contributed by atoms with Crippen LogP contribution in [0.2, 0.25) is 0 Å². The van der Waals surface area contributed by atoms with E-state index in [1.54, 1.807) is 12.1 Å². The second-order valence-corrected chi connectivity index (χ2v) is 7.65. The third-order valence-electron chi connectivity index (χ3n) is 5.04. The summed E-state index contributed by atoms with van der Waals surface area (Å²) in [5.41, 5.74) is 4.13. The highest BCUT2D eigenvalue weighted by molar-refractivity contribution is 5.86. The molecule has 27 heavy (non-hydrogen) atoms. The summed E-state index contributed by atoms with van der Waals surface area (Å²) in [6.45, 7) is 4.24. The van der Waals surface area contributed by atoms with Crippen molar-refractivity contribution in [2.24, 2.45) is 0 Å². The number of hydrogen-bond acceptors (Lipinski definition) is 2. The number of aromatic nitrogens is 1. The summed E-state index contributed by atoms with van der Waals surface area (Å²) in [4.78, 5) is 14.1. The molecule has 1 aliphatic heterocycles. The van der Waals surface area contributed by atoms with E-state index in [2.05, 4.69) is 30.2 Å². The lowest BCUT2D eigenvalue weighted by Gasteiger charge is -2.37. The minimum atomic E-state index is -1.06. The van der Waals surface area contributed by atoms with E-state index in [0.717, 1.165) is 23.7 Å². The van der Waals surface area contributed by atoms with Crippen LogP contribution in [0, 0.1) is 5.82 Å². The number of carboxylic acid groups (broad SMARTS) is 1. The summed E-state index contributed by atoms with van der Waals surface area (Å²) in [6, 6.07) is 12.7. The van der Waals surface area contributed by atoms with Gasteiger partial charge in [-0.3, -0.25) is 5.32 Å². The largest absolute Gasteiger partial charge is 0.478 e. The zero-order valence-corrected chi connectivity index (χ0v) is 15.2. The van der Waals surface area contributed by atoms with Crippen molar-refractivity contribution in [1.29, 1.82) is 0 Å². The van der Waals surface area contributed by atoms with Crippen LogP contribution >= 0.6 is 0 Å². The number of hydrogen-bond donors (Lipinski definition) is 3. The van der Waals surface area contributed by atoms with Gasteiger partial charge in [-0.15, -0.1) is 0 Å². The summed E-state index contributed by atoms with van der Waals surface area (Å²) in [5.74, 6) is -1.42. The monoisotopic (exact) mass is 364 g/mol. The van der Waals surface area contributed by atoms with Gasteiger partial charge >= 0.3 is 5.97 Å². The number of para-hydroxylation sites is 1. The molecule has 1 atom stereocenters. The molecule has 4 rings (SSSR count). The van der Waals surface area contributed by atoms with E-state index in [1.165, 1.54) is 23.1 Å². The molecule has 0 amide bonds. The molecule has 1 unspecified atom stereocenters. The van der Waals surface area contributed by atoms with Crippen molar-refractivity contribution in [2.75, 3.05) is 0 Å². The Bertz CT molecular complexity index is 1070. The van der Waals surface area contributed by atoms with Gasteiger partial charge in [0.25, 0.3) is 0 Å². The average molecular weight is 364 g/mol. The van der Waals surface area contributed by atoms with E-state index in [-0.39, 0.29) is 17.4 Å². The summed E-state index contributed by atoms with van der Waals surface area (Å²) in [7, 11) is 0. The van der Waals surface area contributed by atoms with Gasteiger partial charge in [0.15, 0.2) is 0 Å². The Morgan fingerprint density at radius 2 is 2.04 bits per heavy atom. The van der Waals surface area contributed by atoms with Crippen LogP contribution in [-0.4, -0.2) is 21.6 Å². The maximum absolute atomic E-state index is 14.9. The van der Waals surface area contributed by atoms with Crippen LogP contribution in [0.3, 0.4) is 0 Å². The van der Waals surface area contributed by atoms with E-state index < -0.39 is 5.97 Å². The summed E-state index contributed by atoms with van der Waals surface area (Å²) >= 11 is 0. The standard InChI is InChI=1S/C22H21FN2O2/c1-22(2)12-16-14-5-3-4-6-18(14)24-20(16)21(25-22)15-9-7-13(11-17(15)23)8-10-19(26)27/h3-11,21,24-25H,12H2,1-2H3,(H,26,27)/b10-8+. The molecule has 1 aliphatic rings. The van der Waals surface area contributed by atoms with Crippen molar-refractivity contribution in [2.45, 2.75) is 31.8 Å². The number of nitrogens with one attached hydrogen (secondary N) is 2. The van der Waals surface area contributed by atoms with Crippen molar-refractivity contribution in [1.82, 2.24) is 10.3 Å². The maximum Gasteiger partial charge on any atom is 0.328 e. The summed E-state index contributed by atoms with van der Waals surface area (Å²) in [6.07, 6.45) is 3.25. The van der Waals surface area contributed by atoms with Crippen molar-refractivity contribution in [3.05, 3.63) is 76.7 Å². The van der Waals surface area contributed by atoms with Crippen LogP contribution in [0.25, 0.3) is 17.0 Å². The quantitative estimate of drug-likeness (QED) is 0.603. The van der Waals surface area contributed by atoms with Crippen molar-refractivity contribution < 1.29 is 14.3 Å². The first-order valence-corrected chi connectivity index (χ1v) is 8.92. The van der Waals surface area contributed by atoms with Crippen LogP contribution in [-0.2, 0) is 11.2 Å². The minimum absolute atomic E-state index is 0.184. The van der Waals surface area contributed by atoms with Gasteiger partial charge in [0.2, 0.25) is 0 Å². The zero-order valence-electron chi connectivity index (χ0n) is 15.2. The molecule has 5 heteroatoms. The highest BCUT2D eigenvalue weighted by Crippen LogP contribution is 2.38. The van der Waals surface area contributed by atoms with Gasteiger partial charge in [0, 0.05) is 33.8 Å². The fraction of sp³-hybridized carbons (Fsp3) is 0.227. The van der Waals surface area contributed by atoms with Gasteiger partial charge < -0.3 is 10.1 Å². The number of fused-ring (bicyclic) bond motifs is 3. The Balaban J connectivity index is 1.81. The Labute approximate surface area is 156 Å². The molecule has 0 spiro atoms. The molecule has 3 N–H and O–H groups in total. The minimum Gasteiger partial charge on any atom is -0.478 e. The Kier molecular flexibility index (Phi) is 4.12. The predicted octanol–water partition coefficient (Wildman–Crippen LogP) is 4.42. The van der Waals surface area contributed by atoms with Crippen molar-refractivity contribution >= 4 is 22.9 Å². The van der Waals surface area contributed by atoms with E-state index in [4.69, 9.17) is 5.11 Å². The molecule has 0 fully saturated rings. The number of H-pyrrole nitrogens is 1. The first-order valence-electron chi connectivity index (χ1n) is 8.92. The number of carboxylic acids is 1. The van der Waals surface area contributed by atoms with Crippen LogP contribution in [0.5, 0.6) is 0 Å². The topological polar surface area (TPSA) is 65.1 Å². The van der Waals surface area contributed by atoms with E-state index >= 15 is 0 Å². The van der Waals surface area contributed by atoms with E-state index in [9.17, 15) is 9.18 Å². The predicted molar refractivity (Wildman–Crippen MR) is 104 cm³/mol. The molecule has 0 saturated heterocycles. The van der Waals surface area contributed by atoms with Gasteiger partial charge in [0.05, 0.1) is 6.04 Å². The first kappa shape index (κ1) is 17.5. The lowest BCUT2D eigenvalue weighted by Crippen LogP contribution is -2.47. The van der Waals surface area contributed by atoms with Gasteiger partial charge in [-0.2, -0.15) is 0 Å². The number of halogens is 1. The van der Waals surface area contributed by atoms with Gasteiger partial charge in [-0.1, -0.05) is 30.3 Å². The number of carbonyl (C=O) groups is 1. The highest BCUT2D eigenvalue weighted by Gasteiger charge is 2.35. The second kappa shape index (κ2) is 6.35. The second-order valence-electron chi connectivity index (χ2n) is 7.65. The number of aliphatic carboxylic acids is 1. The van der Waals surface area contributed by atoms with Crippen LogP contribution in [0.15, 0.2) is 48.5 Å². The number of aromatic amines is 1. The van der Waals surface area contributed by atoms with Crippen LogP contribution in [0.1, 0.15) is 42.3 Å².